The van der Waals surface area contributed by atoms with Crippen LogP contribution < -0.4 is 11.2 Å². The number of hydrogen-bond donors (Lipinski definition) is 3. The van der Waals surface area contributed by atoms with Crippen LogP contribution in [-0.2, 0) is 0 Å². The van der Waals surface area contributed by atoms with Crippen molar-refractivity contribution < 1.29 is 5.21 Å². The number of hydrogen-bond acceptors (Lipinski definition) is 3. The van der Waals surface area contributed by atoms with Crippen LogP contribution in [0.15, 0.2) is 0 Å². The summed E-state index contributed by atoms with van der Waals surface area (Å²) >= 11 is 0. The molecule has 0 aromatic carbocycles. The van der Waals surface area contributed by atoms with Crippen LogP contribution in [-0.4, -0.2) is 17.3 Å². The molecule has 0 saturated heterocycles. The molecule has 0 aromatic rings. The fraction of sp³-hybridized carbons (Fsp3) is 1.00. The third-order valence-electron chi connectivity index (χ3n) is 3.73. The van der Waals surface area contributed by atoms with E-state index < -0.39 is 0 Å². The molecule has 0 bridgehead atoms. The Morgan fingerprint density at radius 2 is 1.53 bits per heavy atom. The molecule has 0 spiro atoms. The molecular formula is C12H26N2O. The molecule has 3 nitrogen and oxygen atoms in total. The fourth-order valence-corrected chi connectivity index (χ4v) is 2.54. The van der Waals surface area contributed by atoms with Gasteiger partial charge in [-0.1, -0.05) is 38.5 Å². The smallest absolute Gasteiger partial charge is 0.0445 e. The second-order valence-electron chi connectivity index (χ2n) is 4.95. The summed E-state index contributed by atoms with van der Waals surface area (Å²) in [6.07, 6.45) is 10.5. The standard InChI is InChI=1S/C12H26N2O/c1-10(14-15)12(13)11-8-6-4-2-3-5-7-9-11/h10-12,14-15H,2-9,13H2,1H3/t10-,12?/m1/s1. The Morgan fingerprint density at radius 1 is 1.07 bits per heavy atom. The molecule has 1 aliphatic rings. The summed E-state index contributed by atoms with van der Waals surface area (Å²) in [6.45, 7) is 1.96. The van der Waals surface area contributed by atoms with Crippen molar-refractivity contribution >= 4 is 0 Å². The lowest BCUT2D eigenvalue weighted by Gasteiger charge is -2.27. The minimum Gasteiger partial charge on any atom is -0.326 e. The van der Waals surface area contributed by atoms with Crippen LogP contribution in [0.2, 0.25) is 0 Å². The highest BCUT2D eigenvalue weighted by Crippen LogP contribution is 2.24. The number of nitrogens with one attached hydrogen (secondary N) is 1. The maximum Gasteiger partial charge on any atom is 0.0445 e. The van der Waals surface area contributed by atoms with Crippen molar-refractivity contribution in [3.8, 4) is 0 Å². The first-order chi connectivity index (χ1) is 7.25. The lowest BCUT2D eigenvalue weighted by atomic mass is 9.87. The van der Waals surface area contributed by atoms with E-state index in [4.69, 9.17) is 10.9 Å². The Balaban J connectivity index is 2.41. The van der Waals surface area contributed by atoms with Gasteiger partial charge in [0.25, 0.3) is 0 Å². The number of nitrogens with two attached hydrogens (primary N) is 1. The SMILES string of the molecule is C[C@@H](NO)C(N)C1CCCCCCCC1. The van der Waals surface area contributed by atoms with Crippen molar-refractivity contribution in [2.45, 2.75) is 70.4 Å². The monoisotopic (exact) mass is 214 g/mol. The average Bonchev–Trinajstić information content (AvgIpc) is 2.40. The third-order valence-corrected chi connectivity index (χ3v) is 3.73. The highest BCUT2D eigenvalue weighted by atomic mass is 16.5. The number of rotatable bonds is 3. The molecular weight excluding hydrogens is 188 g/mol. The van der Waals surface area contributed by atoms with Crippen LogP contribution in [0.25, 0.3) is 0 Å². The molecule has 3 heteroatoms. The van der Waals surface area contributed by atoms with Crippen molar-refractivity contribution in [1.82, 2.24) is 5.48 Å². The van der Waals surface area contributed by atoms with E-state index in [1.165, 1.54) is 51.4 Å². The topological polar surface area (TPSA) is 58.3 Å². The van der Waals surface area contributed by atoms with Gasteiger partial charge in [-0.25, -0.2) is 5.48 Å². The van der Waals surface area contributed by atoms with Crippen LogP contribution in [0.3, 0.4) is 0 Å². The normalized spacial score (nSPS) is 25.0. The zero-order valence-corrected chi connectivity index (χ0v) is 9.91. The van der Waals surface area contributed by atoms with Gasteiger partial charge in [-0.3, -0.25) is 0 Å². The third kappa shape index (κ3) is 4.49. The van der Waals surface area contributed by atoms with Crippen LogP contribution >= 0.6 is 0 Å². The van der Waals surface area contributed by atoms with Gasteiger partial charge in [-0.15, -0.1) is 0 Å². The van der Waals surface area contributed by atoms with Crippen LogP contribution in [0.5, 0.6) is 0 Å². The molecule has 0 aromatic heterocycles. The Labute approximate surface area is 93.4 Å². The summed E-state index contributed by atoms with van der Waals surface area (Å²) in [5.74, 6) is 0.581. The summed E-state index contributed by atoms with van der Waals surface area (Å²) in [4.78, 5) is 0. The van der Waals surface area contributed by atoms with Crippen molar-refractivity contribution in [1.29, 1.82) is 0 Å². The Hall–Kier alpha value is -0.120. The van der Waals surface area contributed by atoms with Gasteiger partial charge in [0.05, 0.1) is 0 Å². The molecule has 0 amide bonds. The predicted molar refractivity (Wildman–Crippen MR) is 62.8 cm³/mol. The van der Waals surface area contributed by atoms with Gasteiger partial charge in [-0.05, 0) is 25.7 Å². The van der Waals surface area contributed by atoms with Crippen LogP contribution in [0.1, 0.15) is 58.3 Å². The van der Waals surface area contributed by atoms with E-state index in [0.717, 1.165) is 0 Å². The van der Waals surface area contributed by atoms with E-state index in [1.807, 2.05) is 6.92 Å². The Kier molecular flexibility index (Phi) is 6.22. The van der Waals surface area contributed by atoms with Gasteiger partial charge in [0, 0.05) is 12.1 Å². The molecule has 0 heterocycles. The van der Waals surface area contributed by atoms with Gasteiger partial charge >= 0.3 is 0 Å². The fourth-order valence-electron chi connectivity index (χ4n) is 2.54. The van der Waals surface area contributed by atoms with E-state index in [1.54, 1.807) is 0 Å². The first-order valence-corrected chi connectivity index (χ1v) is 6.41. The minimum absolute atomic E-state index is 0.00996. The Bertz CT molecular complexity index is 154. The van der Waals surface area contributed by atoms with Gasteiger partial charge in [0.15, 0.2) is 0 Å². The molecule has 1 aliphatic carbocycles. The molecule has 0 radical (unpaired) electrons. The molecule has 0 aliphatic heterocycles. The van der Waals surface area contributed by atoms with Crippen LogP contribution in [0.4, 0.5) is 0 Å². The molecule has 15 heavy (non-hydrogen) atoms. The summed E-state index contributed by atoms with van der Waals surface area (Å²) < 4.78 is 0. The zero-order valence-electron chi connectivity index (χ0n) is 9.91. The number of hydroxylamine groups is 1. The van der Waals surface area contributed by atoms with Crippen LogP contribution in [0, 0.1) is 5.92 Å². The molecule has 4 N–H and O–H groups in total. The second-order valence-corrected chi connectivity index (χ2v) is 4.95. The lowest BCUT2D eigenvalue weighted by Crippen LogP contribution is -2.46. The molecule has 1 fully saturated rings. The van der Waals surface area contributed by atoms with E-state index in [0.29, 0.717) is 5.92 Å². The first kappa shape index (κ1) is 12.9. The highest BCUT2D eigenvalue weighted by molar-refractivity contribution is 4.81. The van der Waals surface area contributed by atoms with E-state index in [2.05, 4.69) is 5.48 Å². The van der Waals surface area contributed by atoms with Gasteiger partial charge in [0.2, 0.25) is 0 Å². The van der Waals surface area contributed by atoms with E-state index in [-0.39, 0.29) is 12.1 Å². The molecule has 1 unspecified atom stereocenters. The molecule has 1 saturated carbocycles. The predicted octanol–water partition coefficient (Wildman–Crippen LogP) is 2.43. The van der Waals surface area contributed by atoms with E-state index in [9.17, 15) is 0 Å². The maximum absolute atomic E-state index is 8.89. The van der Waals surface area contributed by atoms with Gasteiger partial charge in [-0.2, -0.15) is 0 Å². The van der Waals surface area contributed by atoms with Crippen molar-refractivity contribution in [2.24, 2.45) is 11.7 Å². The lowest BCUT2D eigenvalue weighted by molar-refractivity contribution is 0.106. The summed E-state index contributed by atoms with van der Waals surface area (Å²) in [5, 5.41) is 8.89. The maximum atomic E-state index is 8.89. The van der Waals surface area contributed by atoms with Gasteiger partial charge in [0.1, 0.15) is 0 Å². The second kappa shape index (κ2) is 7.20. The minimum atomic E-state index is 0.00996. The van der Waals surface area contributed by atoms with E-state index >= 15 is 0 Å². The molecule has 90 valence electrons. The van der Waals surface area contributed by atoms with Crippen molar-refractivity contribution in [3.63, 3.8) is 0 Å². The van der Waals surface area contributed by atoms with Gasteiger partial charge < -0.3 is 10.9 Å². The van der Waals surface area contributed by atoms with Crippen molar-refractivity contribution in [3.05, 3.63) is 0 Å². The highest BCUT2D eigenvalue weighted by Gasteiger charge is 2.22. The van der Waals surface area contributed by atoms with Crippen molar-refractivity contribution in [2.75, 3.05) is 0 Å². The quantitative estimate of drug-likeness (QED) is 0.632. The summed E-state index contributed by atoms with van der Waals surface area (Å²) in [5.41, 5.74) is 8.44. The average molecular weight is 214 g/mol. The first-order valence-electron chi connectivity index (χ1n) is 6.41. The zero-order chi connectivity index (χ0) is 11.1. The molecule has 1 rings (SSSR count). The Morgan fingerprint density at radius 3 is 2.00 bits per heavy atom. The largest absolute Gasteiger partial charge is 0.326 e. The summed E-state index contributed by atoms with van der Waals surface area (Å²) in [7, 11) is 0. The summed E-state index contributed by atoms with van der Waals surface area (Å²) in [6, 6.07) is 0.101. The molecule has 2 atom stereocenters.